The minimum atomic E-state index is -0.284. The minimum absolute atomic E-state index is 0.284. The van der Waals surface area contributed by atoms with Gasteiger partial charge in [0.15, 0.2) is 0 Å². The maximum absolute atomic E-state index is 13.6. The third-order valence-corrected chi connectivity index (χ3v) is 5.09. The van der Waals surface area contributed by atoms with Gasteiger partial charge >= 0.3 is 0 Å². The summed E-state index contributed by atoms with van der Waals surface area (Å²) in [6.07, 6.45) is 1.56. The minimum Gasteiger partial charge on any atom is -0.360 e. The molecule has 0 spiro atoms. The second-order valence-electron chi connectivity index (χ2n) is 6.12. The van der Waals surface area contributed by atoms with E-state index in [0.29, 0.717) is 21.8 Å². The molecule has 0 amide bonds. The second-order valence-corrected chi connectivity index (χ2v) is 6.97. The van der Waals surface area contributed by atoms with Crippen LogP contribution >= 0.6 is 11.3 Å². The van der Waals surface area contributed by atoms with E-state index >= 15 is 0 Å². The van der Waals surface area contributed by atoms with E-state index in [1.54, 1.807) is 25.3 Å². The molecular formula is C21H18FN3S. The molecule has 0 saturated heterocycles. The first kappa shape index (κ1) is 17.8. The van der Waals surface area contributed by atoms with Gasteiger partial charge in [-0.15, -0.1) is 11.3 Å². The van der Waals surface area contributed by atoms with Crippen molar-refractivity contribution in [1.29, 1.82) is 5.26 Å². The van der Waals surface area contributed by atoms with Crippen LogP contribution in [0.1, 0.15) is 21.7 Å². The Balaban J connectivity index is 1.84. The zero-order valence-corrected chi connectivity index (χ0v) is 15.6. The Bertz CT molecular complexity index is 1030. The van der Waals surface area contributed by atoms with E-state index in [2.05, 4.69) is 42.4 Å². The lowest BCUT2D eigenvalue weighted by molar-refractivity contribution is 0.619. The van der Waals surface area contributed by atoms with Gasteiger partial charge in [-0.2, -0.15) is 5.26 Å². The number of aryl methyl sites for hydroxylation is 3. The number of hydrogen-bond donors (Lipinski definition) is 1. The van der Waals surface area contributed by atoms with E-state index in [9.17, 15) is 9.65 Å². The van der Waals surface area contributed by atoms with Crippen LogP contribution < -0.4 is 5.32 Å². The van der Waals surface area contributed by atoms with Crippen molar-refractivity contribution >= 4 is 22.6 Å². The molecule has 0 aliphatic heterocycles. The summed E-state index contributed by atoms with van der Waals surface area (Å²) in [7, 11) is 0. The van der Waals surface area contributed by atoms with Gasteiger partial charge in [-0.1, -0.05) is 18.2 Å². The predicted octanol–water partition coefficient (Wildman–Crippen LogP) is 5.85. The number of halogens is 1. The smallest absolute Gasteiger partial charge is 0.136 e. The summed E-state index contributed by atoms with van der Waals surface area (Å²) in [6.45, 7) is 5.85. The molecule has 0 unspecified atom stereocenters. The molecule has 3 nitrogen and oxygen atoms in total. The maximum atomic E-state index is 13.6. The number of rotatable bonds is 4. The Kier molecular flexibility index (Phi) is 5.15. The number of hydrogen-bond acceptors (Lipinski definition) is 4. The topological polar surface area (TPSA) is 48.7 Å². The summed E-state index contributed by atoms with van der Waals surface area (Å²) >= 11 is 1.41. The van der Waals surface area contributed by atoms with Gasteiger partial charge in [-0.05, 0) is 55.7 Å². The highest BCUT2D eigenvalue weighted by molar-refractivity contribution is 7.11. The van der Waals surface area contributed by atoms with Crippen LogP contribution in [0.25, 0.3) is 16.8 Å². The number of nitriles is 1. The van der Waals surface area contributed by atoms with Crippen molar-refractivity contribution in [2.75, 3.05) is 5.32 Å². The summed E-state index contributed by atoms with van der Waals surface area (Å²) in [5.41, 5.74) is 5.89. The Hall–Kier alpha value is -2.97. The van der Waals surface area contributed by atoms with Crippen molar-refractivity contribution in [3.63, 3.8) is 0 Å². The molecule has 0 aliphatic rings. The van der Waals surface area contributed by atoms with E-state index in [1.807, 2.05) is 11.4 Å². The molecule has 130 valence electrons. The molecular weight excluding hydrogens is 345 g/mol. The highest BCUT2D eigenvalue weighted by Crippen LogP contribution is 2.27. The number of nitrogens with one attached hydrogen (secondary N) is 1. The van der Waals surface area contributed by atoms with Gasteiger partial charge in [0.1, 0.15) is 22.5 Å². The predicted molar refractivity (Wildman–Crippen MR) is 105 cm³/mol. The van der Waals surface area contributed by atoms with Gasteiger partial charge in [0, 0.05) is 22.8 Å². The van der Waals surface area contributed by atoms with E-state index in [1.165, 1.54) is 28.5 Å². The van der Waals surface area contributed by atoms with E-state index in [0.717, 1.165) is 11.3 Å². The SMILES string of the molecule is Cc1ccc(-c2csc(/C(C#N)=C/Nc3ccc(C)c(F)c3)n2)cc1C. The Labute approximate surface area is 156 Å². The molecule has 0 saturated carbocycles. The normalized spacial score (nSPS) is 11.3. The first-order valence-corrected chi connectivity index (χ1v) is 9.02. The number of benzene rings is 2. The standard InChI is InChI=1S/C21H18FN3S/c1-13-4-6-16(8-15(13)3)20-12-26-21(25-20)17(10-23)11-24-18-7-5-14(2)19(22)9-18/h4-9,11-12,24H,1-3H3/b17-11+. The third kappa shape index (κ3) is 3.81. The van der Waals surface area contributed by atoms with E-state index in [-0.39, 0.29) is 5.82 Å². The molecule has 26 heavy (non-hydrogen) atoms. The van der Waals surface area contributed by atoms with Crippen LogP contribution in [-0.4, -0.2) is 4.98 Å². The quantitative estimate of drug-likeness (QED) is 0.591. The number of aromatic nitrogens is 1. The molecule has 3 aromatic rings. The lowest BCUT2D eigenvalue weighted by Gasteiger charge is -2.03. The van der Waals surface area contributed by atoms with Crippen LogP contribution in [0.15, 0.2) is 48.0 Å². The van der Waals surface area contributed by atoms with Crippen molar-refractivity contribution in [2.45, 2.75) is 20.8 Å². The molecule has 0 fully saturated rings. The third-order valence-electron chi connectivity index (χ3n) is 4.21. The number of thiazole rings is 1. The van der Waals surface area contributed by atoms with Crippen LogP contribution in [-0.2, 0) is 0 Å². The molecule has 5 heteroatoms. The number of allylic oxidation sites excluding steroid dienone is 1. The first-order chi connectivity index (χ1) is 12.5. The summed E-state index contributed by atoms with van der Waals surface area (Å²) in [4.78, 5) is 4.58. The van der Waals surface area contributed by atoms with Crippen molar-refractivity contribution in [1.82, 2.24) is 4.98 Å². The second kappa shape index (κ2) is 7.51. The molecule has 2 aromatic carbocycles. The number of nitrogens with zero attached hydrogens (tertiary/aromatic N) is 2. The van der Waals surface area contributed by atoms with Crippen LogP contribution in [0.2, 0.25) is 0 Å². The fraction of sp³-hybridized carbons (Fsp3) is 0.143. The maximum Gasteiger partial charge on any atom is 0.136 e. The Morgan fingerprint density at radius 1 is 1.12 bits per heavy atom. The van der Waals surface area contributed by atoms with Gasteiger partial charge < -0.3 is 5.32 Å². The van der Waals surface area contributed by atoms with Crippen LogP contribution in [0.3, 0.4) is 0 Å². The summed E-state index contributed by atoms with van der Waals surface area (Å²) in [5, 5.41) is 15.0. The zero-order chi connectivity index (χ0) is 18.7. The molecule has 1 aromatic heterocycles. The van der Waals surface area contributed by atoms with Crippen molar-refractivity contribution in [3.05, 3.63) is 75.5 Å². The fourth-order valence-corrected chi connectivity index (χ4v) is 3.21. The van der Waals surface area contributed by atoms with Gasteiger partial charge in [-0.3, -0.25) is 0 Å². The van der Waals surface area contributed by atoms with Crippen LogP contribution in [0, 0.1) is 37.9 Å². The van der Waals surface area contributed by atoms with Gasteiger partial charge in [0.2, 0.25) is 0 Å². The average molecular weight is 363 g/mol. The van der Waals surface area contributed by atoms with Crippen molar-refractivity contribution in [2.24, 2.45) is 0 Å². The Morgan fingerprint density at radius 3 is 2.58 bits per heavy atom. The van der Waals surface area contributed by atoms with E-state index in [4.69, 9.17) is 0 Å². The Morgan fingerprint density at radius 2 is 1.88 bits per heavy atom. The highest BCUT2D eigenvalue weighted by atomic mass is 32.1. The average Bonchev–Trinajstić information content (AvgIpc) is 3.11. The lowest BCUT2D eigenvalue weighted by Crippen LogP contribution is -1.93. The monoisotopic (exact) mass is 363 g/mol. The van der Waals surface area contributed by atoms with Gasteiger partial charge in [0.25, 0.3) is 0 Å². The van der Waals surface area contributed by atoms with Gasteiger partial charge in [0.05, 0.1) is 5.69 Å². The molecule has 1 N–H and O–H groups in total. The summed E-state index contributed by atoms with van der Waals surface area (Å²) in [6, 6.07) is 13.2. The molecule has 3 rings (SSSR count). The molecule has 0 bridgehead atoms. The van der Waals surface area contributed by atoms with Gasteiger partial charge in [-0.25, -0.2) is 9.37 Å². The number of anilines is 1. The zero-order valence-electron chi connectivity index (χ0n) is 14.8. The first-order valence-electron chi connectivity index (χ1n) is 8.14. The van der Waals surface area contributed by atoms with Crippen molar-refractivity contribution in [3.8, 4) is 17.3 Å². The van der Waals surface area contributed by atoms with Crippen LogP contribution in [0.4, 0.5) is 10.1 Å². The van der Waals surface area contributed by atoms with Crippen LogP contribution in [0.5, 0.6) is 0 Å². The molecule has 0 radical (unpaired) electrons. The van der Waals surface area contributed by atoms with E-state index < -0.39 is 0 Å². The highest BCUT2D eigenvalue weighted by Gasteiger charge is 2.10. The van der Waals surface area contributed by atoms with Crippen molar-refractivity contribution < 1.29 is 4.39 Å². The lowest BCUT2D eigenvalue weighted by atomic mass is 10.1. The summed E-state index contributed by atoms with van der Waals surface area (Å²) < 4.78 is 13.6. The molecule has 0 atom stereocenters. The molecule has 1 heterocycles. The largest absolute Gasteiger partial charge is 0.360 e. The fourth-order valence-electron chi connectivity index (χ4n) is 2.41. The summed E-state index contributed by atoms with van der Waals surface area (Å²) in [5.74, 6) is -0.284. The molecule has 0 aliphatic carbocycles.